The Bertz CT molecular complexity index is 863. The van der Waals surface area contributed by atoms with Crippen LogP contribution in [0.3, 0.4) is 0 Å². The predicted molar refractivity (Wildman–Crippen MR) is 108 cm³/mol. The zero-order valence-corrected chi connectivity index (χ0v) is 16.3. The molecule has 2 amide bonds. The summed E-state index contributed by atoms with van der Waals surface area (Å²) in [6.07, 6.45) is 1.83. The van der Waals surface area contributed by atoms with Crippen molar-refractivity contribution in [3.8, 4) is 0 Å². The predicted octanol–water partition coefficient (Wildman–Crippen LogP) is 4.44. The van der Waals surface area contributed by atoms with Crippen molar-refractivity contribution in [1.29, 1.82) is 0 Å². The number of nitrogens with zero attached hydrogens (tertiary/aromatic N) is 1. The molecule has 0 radical (unpaired) electrons. The smallest absolute Gasteiger partial charge is 0.407 e. The summed E-state index contributed by atoms with van der Waals surface area (Å²) in [6.45, 7) is 3.98. The maximum Gasteiger partial charge on any atom is 0.407 e. The second-order valence-corrected chi connectivity index (χ2v) is 7.82. The van der Waals surface area contributed by atoms with Crippen molar-refractivity contribution in [3.63, 3.8) is 0 Å². The van der Waals surface area contributed by atoms with Crippen LogP contribution in [-0.2, 0) is 16.1 Å². The van der Waals surface area contributed by atoms with E-state index in [1.165, 1.54) is 0 Å². The Balaban J connectivity index is 1.56. The van der Waals surface area contributed by atoms with Crippen LogP contribution in [0.1, 0.15) is 43.9 Å². The highest BCUT2D eigenvalue weighted by atomic mass is 16.5. The van der Waals surface area contributed by atoms with Gasteiger partial charge in [-0.3, -0.25) is 4.79 Å². The first kappa shape index (κ1) is 18.5. The molecule has 0 bridgehead atoms. The molecule has 2 aromatic carbocycles. The van der Waals surface area contributed by atoms with E-state index >= 15 is 0 Å². The molecule has 1 unspecified atom stereocenters. The third kappa shape index (κ3) is 3.61. The molecule has 2 aromatic rings. The van der Waals surface area contributed by atoms with Crippen molar-refractivity contribution in [2.45, 2.75) is 45.4 Å². The molecule has 5 nitrogen and oxygen atoms in total. The van der Waals surface area contributed by atoms with Crippen molar-refractivity contribution < 1.29 is 14.3 Å². The van der Waals surface area contributed by atoms with Gasteiger partial charge in [0.25, 0.3) is 0 Å². The van der Waals surface area contributed by atoms with Gasteiger partial charge in [0.1, 0.15) is 6.61 Å². The lowest BCUT2D eigenvalue weighted by molar-refractivity contribution is -0.117. The average molecular weight is 378 g/mol. The van der Waals surface area contributed by atoms with Gasteiger partial charge in [-0.2, -0.15) is 0 Å². The van der Waals surface area contributed by atoms with Crippen LogP contribution in [0.15, 0.2) is 54.6 Å². The normalized spacial score (nSPS) is 23.6. The number of nitrogens with one attached hydrogen (secondary N) is 1. The highest BCUT2D eigenvalue weighted by molar-refractivity contribution is 5.94. The summed E-state index contributed by atoms with van der Waals surface area (Å²) >= 11 is 0. The quantitative estimate of drug-likeness (QED) is 0.856. The summed E-state index contributed by atoms with van der Waals surface area (Å²) < 4.78 is 5.45. The minimum atomic E-state index is -0.429. The summed E-state index contributed by atoms with van der Waals surface area (Å²) in [5.41, 5.74) is 2.82. The van der Waals surface area contributed by atoms with E-state index in [1.807, 2.05) is 59.5 Å². The number of amides is 2. The van der Waals surface area contributed by atoms with E-state index in [4.69, 9.17) is 4.74 Å². The van der Waals surface area contributed by atoms with Crippen LogP contribution >= 0.6 is 0 Å². The molecule has 0 spiro atoms. The van der Waals surface area contributed by atoms with Crippen molar-refractivity contribution in [2.24, 2.45) is 11.8 Å². The number of carbonyl (C=O) groups is 2. The molecule has 5 heteroatoms. The Morgan fingerprint density at radius 3 is 2.43 bits per heavy atom. The molecule has 1 saturated carbocycles. The van der Waals surface area contributed by atoms with E-state index in [0.29, 0.717) is 5.92 Å². The SMILES string of the molecule is CC(=O)N1c2ccccc2C(NC(=O)OCc2ccccc2)[C@H](C)[C@@H]1C1CC1. The number of ether oxygens (including phenoxy) is 1. The first-order valence-electron chi connectivity index (χ1n) is 9.92. The lowest BCUT2D eigenvalue weighted by Gasteiger charge is -2.45. The number of rotatable bonds is 4. The Kier molecular flexibility index (Phi) is 5.07. The maximum absolute atomic E-state index is 12.5. The lowest BCUT2D eigenvalue weighted by Crippen LogP contribution is -2.53. The van der Waals surface area contributed by atoms with E-state index in [-0.39, 0.29) is 30.5 Å². The molecule has 2 aliphatic rings. The molecule has 1 N–H and O–H groups in total. The number of hydrogen-bond acceptors (Lipinski definition) is 3. The molecule has 4 rings (SSSR count). The molecule has 146 valence electrons. The summed E-state index contributed by atoms with van der Waals surface area (Å²) in [4.78, 5) is 26.9. The van der Waals surface area contributed by atoms with Crippen LogP contribution in [0.5, 0.6) is 0 Å². The minimum absolute atomic E-state index is 0.0568. The summed E-state index contributed by atoms with van der Waals surface area (Å²) in [5, 5.41) is 3.07. The molecule has 28 heavy (non-hydrogen) atoms. The number of carbonyl (C=O) groups excluding carboxylic acids is 2. The number of anilines is 1. The summed E-state index contributed by atoms with van der Waals surface area (Å²) in [6, 6.07) is 17.4. The van der Waals surface area contributed by atoms with Gasteiger partial charge in [0.2, 0.25) is 5.91 Å². The molecule has 1 aliphatic carbocycles. The van der Waals surface area contributed by atoms with E-state index in [1.54, 1.807) is 6.92 Å². The number of alkyl carbamates (subject to hydrolysis) is 1. The Morgan fingerprint density at radius 1 is 1.07 bits per heavy atom. The first-order valence-corrected chi connectivity index (χ1v) is 9.92. The maximum atomic E-state index is 12.5. The second-order valence-electron chi connectivity index (χ2n) is 7.82. The molecular formula is C23H26N2O3. The standard InChI is InChI=1S/C23H26N2O3/c1-15-21(24-23(27)28-14-17-8-4-3-5-9-17)19-10-6-7-11-20(19)25(16(2)26)22(15)18-12-13-18/h3-11,15,18,21-22H,12-14H2,1-2H3,(H,24,27)/t15-,21?,22+/m0/s1. The summed E-state index contributed by atoms with van der Waals surface area (Å²) in [7, 11) is 0. The summed E-state index contributed by atoms with van der Waals surface area (Å²) in [5.74, 6) is 0.661. The van der Waals surface area contributed by atoms with Gasteiger partial charge < -0.3 is 15.0 Å². The average Bonchev–Trinajstić information content (AvgIpc) is 3.53. The first-order chi connectivity index (χ1) is 13.6. The van der Waals surface area contributed by atoms with Crippen LogP contribution in [-0.4, -0.2) is 18.0 Å². The fourth-order valence-corrected chi connectivity index (χ4v) is 4.40. The fourth-order valence-electron chi connectivity index (χ4n) is 4.40. The van der Waals surface area contributed by atoms with Crippen LogP contribution < -0.4 is 10.2 Å². The van der Waals surface area contributed by atoms with Gasteiger partial charge in [0.15, 0.2) is 0 Å². The van der Waals surface area contributed by atoms with Gasteiger partial charge >= 0.3 is 6.09 Å². The monoisotopic (exact) mass is 378 g/mol. The Morgan fingerprint density at radius 2 is 1.75 bits per heavy atom. The fraction of sp³-hybridized carbons (Fsp3) is 0.391. The van der Waals surface area contributed by atoms with Crippen molar-refractivity contribution in [3.05, 3.63) is 65.7 Å². The molecule has 1 heterocycles. The zero-order chi connectivity index (χ0) is 19.7. The van der Waals surface area contributed by atoms with Gasteiger partial charge in [-0.05, 0) is 36.0 Å². The Labute approximate surface area is 165 Å². The molecule has 0 aromatic heterocycles. The van der Waals surface area contributed by atoms with Gasteiger partial charge in [-0.15, -0.1) is 0 Å². The van der Waals surface area contributed by atoms with Crippen molar-refractivity contribution in [2.75, 3.05) is 4.90 Å². The van der Waals surface area contributed by atoms with Gasteiger partial charge in [0.05, 0.1) is 6.04 Å². The number of fused-ring (bicyclic) bond motifs is 1. The molecule has 0 saturated heterocycles. The molecule has 1 fully saturated rings. The van der Waals surface area contributed by atoms with E-state index in [9.17, 15) is 9.59 Å². The van der Waals surface area contributed by atoms with Crippen molar-refractivity contribution in [1.82, 2.24) is 5.32 Å². The van der Waals surface area contributed by atoms with Crippen molar-refractivity contribution >= 4 is 17.7 Å². The van der Waals surface area contributed by atoms with E-state index in [0.717, 1.165) is 29.7 Å². The zero-order valence-electron chi connectivity index (χ0n) is 16.3. The van der Waals surface area contributed by atoms with Gasteiger partial charge in [0, 0.05) is 24.6 Å². The third-order valence-corrected chi connectivity index (χ3v) is 5.82. The minimum Gasteiger partial charge on any atom is -0.445 e. The number of benzene rings is 2. The highest BCUT2D eigenvalue weighted by Crippen LogP contribution is 2.49. The van der Waals surface area contributed by atoms with Crippen LogP contribution in [0, 0.1) is 11.8 Å². The Hall–Kier alpha value is -2.82. The largest absolute Gasteiger partial charge is 0.445 e. The lowest BCUT2D eigenvalue weighted by atomic mass is 9.80. The number of para-hydroxylation sites is 1. The molecule has 3 atom stereocenters. The topological polar surface area (TPSA) is 58.6 Å². The van der Waals surface area contributed by atoms with E-state index in [2.05, 4.69) is 12.2 Å². The second kappa shape index (κ2) is 7.66. The van der Waals surface area contributed by atoms with Gasteiger partial charge in [-0.1, -0.05) is 55.5 Å². The molecular weight excluding hydrogens is 352 g/mol. The van der Waals surface area contributed by atoms with E-state index < -0.39 is 6.09 Å². The molecule has 1 aliphatic heterocycles. The third-order valence-electron chi connectivity index (χ3n) is 5.82. The number of hydrogen-bond donors (Lipinski definition) is 1. The van der Waals surface area contributed by atoms with Crippen LogP contribution in [0.2, 0.25) is 0 Å². The van der Waals surface area contributed by atoms with Crippen LogP contribution in [0.25, 0.3) is 0 Å². The van der Waals surface area contributed by atoms with Gasteiger partial charge in [-0.25, -0.2) is 4.79 Å². The van der Waals surface area contributed by atoms with Crippen LogP contribution in [0.4, 0.5) is 10.5 Å². The highest BCUT2D eigenvalue weighted by Gasteiger charge is 2.47.